The highest BCUT2D eigenvalue weighted by atomic mass is 32.2. The molecule has 1 aliphatic heterocycles. The summed E-state index contributed by atoms with van der Waals surface area (Å²) in [7, 11) is 0. The van der Waals surface area contributed by atoms with Crippen molar-refractivity contribution in [2.24, 2.45) is 0 Å². The number of nitrogens with one attached hydrogen (secondary N) is 2. The number of carbonyl (C=O) groups excluding carboxylic acids is 1. The Hall–Kier alpha value is -1.80. The summed E-state index contributed by atoms with van der Waals surface area (Å²) in [6.07, 6.45) is 2.15. The summed E-state index contributed by atoms with van der Waals surface area (Å²) >= 11 is 3.08. The highest BCUT2D eigenvalue weighted by Crippen LogP contribution is 2.29. The summed E-state index contributed by atoms with van der Waals surface area (Å²) in [6.45, 7) is 1.92. The first kappa shape index (κ1) is 15.1. The van der Waals surface area contributed by atoms with E-state index in [0.717, 1.165) is 22.0 Å². The monoisotopic (exact) mass is 337 g/mol. The Bertz CT molecular complexity index is 716. The van der Waals surface area contributed by atoms with Crippen LogP contribution in [0.2, 0.25) is 0 Å². The van der Waals surface area contributed by atoms with Crippen molar-refractivity contribution >= 4 is 35.0 Å². The zero-order chi connectivity index (χ0) is 15.7. The third-order valence-electron chi connectivity index (χ3n) is 3.63. The van der Waals surface area contributed by atoms with Crippen molar-refractivity contribution in [2.75, 3.05) is 11.5 Å². The van der Waals surface area contributed by atoms with Gasteiger partial charge in [-0.25, -0.2) is 9.78 Å². The largest absolute Gasteiger partial charge is 0.479 e. The lowest BCUT2D eigenvalue weighted by Crippen LogP contribution is -2.54. The Labute approximate surface area is 135 Å². The molecule has 1 amide bonds. The first-order chi connectivity index (χ1) is 10.5. The first-order valence-electron chi connectivity index (χ1n) is 6.75. The Morgan fingerprint density at radius 3 is 2.91 bits per heavy atom. The molecule has 3 N–H and O–H groups in total. The molecule has 2 aromatic heterocycles. The predicted octanol–water partition coefficient (Wildman–Crippen LogP) is 2.14. The van der Waals surface area contributed by atoms with Crippen molar-refractivity contribution in [3.63, 3.8) is 0 Å². The molecule has 1 fully saturated rings. The molecule has 0 saturated carbocycles. The maximum atomic E-state index is 12.3. The van der Waals surface area contributed by atoms with Crippen molar-refractivity contribution in [3.05, 3.63) is 28.3 Å². The number of H-pyrrole nitrogens is 1. The Morgan fingerprint density at radius 2 is 2.32 bits per heavy atom. The summed E-state index contributed by atoms with van der Waals surface area (Å²) < 4.78 is 0. The number of aliphatic carboxylic acids is 1. The van der Waals surface area contributed by atoms with Gasteiger partial charge in [0.25, 0.3) is 5.91 Å². The fourth-order valence-electron chi connectivity index (χ4n) is 2.34. The fourth-order valence-corrected chi connectivity index (χ4v) is 4.29. The molecule has 8 heteroatoms. The van der Waals surface area contributed by atoms with Crippen LogP contribution in [0.4, 0.5) is 0 Å². The molecule has 1 aliphatic rings. The first-order valence-corrected chi connectivity index (χ1v) is 8.78. The molecule has 1 saturated heterocycles. The minimum Gasteiger partial charge on any atom is -0.479 e. The zero-order valence-corrected chi connectivity index (χ0v) is 13.5. The van der Waals surface area contributed by atoms with Crippen LogP contribution in [0.25, 0.3) is 11.3 Å². The molecule has 116 valence electrons. The van der Waals surface area contributed by atoms with E-state index in [0.29, 0.717) is 17.9 Å². The number of carboxylic acid groups (broad SMARTS) is 1. The van der Waals surface area contributed by atoms with Crippen molar-refractivity contribution in [3.8, 4) is 11.3 Å². The van der Waals surface area contributed by atoms with Gasteiger partial charge in [0.1, 0.15) is 11.2 Å². The average molecular weight is 337 g/mol. The predicted molar refractivity (Wildman–Crippen MR) is 86.4 cm³/mol. The Morgan fingerprint density at radius 1 is 1.50 bits per heavy atom. The molecular formula is C14H15N3O3S2. The second-order valence-corrected chi connectivity index (χ2v) is 7.37. The van der Waals surface area contributed by atoms with E-state index in [9.17, 15) is 14.7 Å². The number of aromatic amines is 1. The number of aromatic nitrogens is 2. The number of nitrogens with zero attached hydrogens (tertiary/aromatic N) is 1. The molecule has 1 unspecified atom stereocenters. The van der Waals surface area contributed by atoms with Crippen molar-refractivity contribution in [2.45, 2.75) is 18.9 Å². The maximum Gasteiger partial charge on any atom is 0.330 e. The summed E-state index contributed by atoms with van der Waals surface area (Å²) in [5.41, 5.74) is 0.810. The minimum atomic E-state index is -1.16. The number of hydrogen-bond acceptors (Lipinski definition) is 5. The van der Waals surface area contributed by atoms with Gasteiger partial charge < -0.3 is 15.4 Å². The lowest BCUT2D eigenvalue weighted by Gasteiger charge is -2.24. The number of thioether (sulfide) groups is 1. The van der Waals surface area contributed by atoms with Gasteiger partial charge in [0, 0.05) is 22.9 Å². The highest BCUT2D eigenvalue weighted by Gasteiger charge is 2.43. The van der Waals surface area contributed by atoms with Crippen LogP contribution in [-0.4, -0.2) is 44.0 Å². The number of hydrogen-bond donors (Lipinski definition) is 3. The molecule has 2 aromatic rings. The Balaban J connectivity index is 1.78. The van der Waals surface area contributed by atoms with Gasteiger partial charge in [0.15, 0.2) is 0 Å². The van der Waals surface area contributed by atoms with Crippen LogP contribution >= 0.6 is 23.1 Å². The maximum absolute atomic E-state index is 12.3. The van der Waals surface area contributed by atoms with E-state index >= 15 is 0 Å². The van der Waals surface area contributed by atoms with Gasteiger partial charge in [0.2, 0.25) is 0 Å². The van der Waals surface area contributed by atoms with E-state index in [2.05, 4.69) is 15.3 Å². The van der Waals surface area contributed by atoms with Crippen LogP contribution in [0.15, 0.2) is 17.6 Å². The van der Waals surface area contributed by atoms with Crippen LogP contribution in [0.5, 0.6) is 0 Å². The topological polar surface area (TPSA) is 95.1 Å². The van der Waals surface area contributed by atoms with Gasteiger partial charge in [-0.1, -0.05) is 0 Å². The van der Waals surface area contributed by atoms with Crippen LogP contribution in [0.3, 0.4) is 0 Å². The van der Waals surface area contributed by atoms with E-state index in [1.807, 2.05) is 12.3 Å². The molecule has 0 radical (unpaired) electrons. The van der Waals surface area contributed by atoms with E-state index in [1.54, 1.807) is 23.6 Å². The Kier molecular flexibility index (Phi) is 3.96. The van der Waals surface area contributed by atoms with Crippen LogP contribution in [0.1, 0.15) is 21.9 Å². The lowest BCUT2D eigenvalue weighted by atomic mass is 9.99. The SMILES string of the molecule is Cc1nc(-c2c[nH]c(C(=O)NC3(C(=O)O)CCSC3)c2)cs1. The normalized spacial score (nSPS) is 21.0. The van der Waals surface area contributed by atoms with Crippen molar-refractivity contribution < 1.29 is 14.7 Å². The minimum absolute atomic E-state index is 0.346. The third-order valence-corrected chi connectivity index (χ3v) is 5.59. The molecule has 22 heavy (non-hydrogen) atoms. The summed E-state index contributed by atoms with van der Waals surface area (Å²) in [4.78, 5) is 31.1. The zero-order valence-electron chi connectivity index (χ0n) is 11.9. The van der Waals surface area contributed by atoms with Crippen LogP contribution in [-0.2, 0) is 4.79 Å². The van der Waals surface area contributed by atoms with E-state index in [4.69, 9.17) is 0 Å². The van der Waals surface area contributed by atoms with Gasteiger partial charge in [-0.2, -0.15) is 11.8 Å². The van der Waals surface area contributed by atoms with E-state index in [-0.39, 0.29) is 0 Å². The van der Waals surface area contributed by atoms with Gasteiger partial charge in [-0.3, -0.25) is 4.79 Å². The molecule has 0 aliphatic carbocycles. The van der Waals surface area contributed by atoms with Crippen molar-refractivity contribution in [1.82, 2.24) is 15.3 Å². The van der Waals surface area contributed by atoms with Crippen LogP contribution in [0, 0.1) is 6.92 Å². The molecular weight excluding hydrogens is 322 g/mol. The summed E-state index contributed by atoms with van der Waals surface area (Å²) in [5.74, 6) is -0.246. The van der Waals surface area contributed by atoms with E-state index in [1.165, 1.54) is 11.8 Å². The van der Waals surface area contributed by atoms with Gasteiger partial charge in [0.05, 0.1) is 10.7 Å². The van der Waals surface area contributed by atoms with Crippen LogP contribution < -0.4 is 5.32 Å². The molecule has 3 heterocycles. The molecule has 6 nitrogen and oxygen atoms in total. The van der Waals surface area contributed by atoms with Crippen molar-refractivity contribution in [1.29, 1.82) is 0 Å². The number of rotatable bonds is 4. The summed E-state index contributed by atoms with van der Waals surface area (Å²) in [5, 5.41) is 14.9. The number of amides is 1. The standard InChI is InChI=1S/C14H15N3O3S2/c1-8-16-11(6-22-8)9-4-10(15-5-9)12(18)17-14(13(19)20)2-3-21-7-14/h4-6,15H,2-3,7H2,1H3,(H,17,18)(H,19,20). The molecule has 0 bridgehead atoms. The number of carbonyl (C=O) groups is 2. The molecule has 0 spiro atoms. The smallest absolute Gasteiger partial charge is 0.330 e. The molecule has 0 aromatic carbocycles. The van der Waals surface area contributed by atoms with Gasteiger partial charge in [-0.15, -0.1) is 11.3 Å². The quantitative estimate of drug-likeness (QED) is 0.794. The van der Waals surface area contributed by atoms with Gasteiger partial charge in [-0.05, 0) is 25.2 Å². The van der Waals surface area contributed by atoms with E-state index < -0.39 is 17.4 Å². The van der Waals surface area contributed by atoms with Gasteiger partial charge >= 0.3 is 5.97 Å². The second kappa shape index (κ2) is 5.77. The highest BCUT2D eigenvalue weighted by molar-refractivity contribution is 7.99. The molecule has 1 atom stereocenters. The number of thiazole rings is 1. The summed E-state index contributed by atoms with van der Waals surface area (Å²) in [6, 6.07) is 1.70. The fraction of sp³-hybridized carbons (Fsp3) is 0.357. The third kappa shape index (κ3) is 2.76. The lowest BCUT2D eigenvalue weighted by molar-refractivity contribution is -0.143. The number of carboxylic acids is 1. The second-order valence-electron chi connectivity index (χ2n) is 5.20. The molecule has 3 rings (SSSR count). The average Bonchev–Trinajstić information content (AvgIpc) is 3.17. The number of aryl methyl sites for hydroxylation is 1.